The first-order valence-corrected chi connectivity index (χ1v) is 24.0. The van der Waals surface area contributed by atoms with Gasteiger partial charge in [-0.15, -0.1) is 0 Å². The lowest BCUT2D eigenvalue weighted by Gasteiger charge is -2.28. The van der Waals surface area contributed by atoms with E-state index in [1.807, 2.05) is 30.3 Å². The molecule has 2 N–H and O–H groups in total. The van der Waals surface area contributed by atoms with Crippen molar-refractivity contribution in [2.75, 3.05) is 20.9 Å². The normalized spacial score (nSPS) is 13.2. The van der Waals surface area contributed by atoms with Gasteiger partial charge in [-0.3, -0.25) is 24.1 Å². The summed E-state index contributed by atoms with van der Waals surface area (Å²) in [5.41, 5.74) is 4.63. The first-order valence-electron chi connectivity index (χ1n) is 20.2. The molecule has 0 aliphatic carbocycles. The van der Waals surface area contributed by atoms with Gasteiger partial charge in [0.25, 0.3) is 26.0 Å². The van der Waals surface area contributed by atoms with Gasteiger partial charge in [-0.1, -0.05) is 95.1 Å². The van der Waals surface area contributed by atoms with E-state index in [0.29, 0.717) is 34.4 Å². The number of fused-ring (bicyclic) bond motifs is 2. The van der Waals surface area contributed by atoms with Crippen LogP contribution in [0.25, 0.3) is 22.4 Å². The summed E-state index contributed by atoms with van der Waals surface area (Å²) in [4.78, 5) is 32.4. The molecule has 1 amide bonds. The van der Waals surface area contributed by atoms with Gasteiger partial charge in [-0.05, 0) is 95.0 Å². The number of sulfonamides is 2. The second-order valence-corrected chi connectivity index (χ2v) is 21.5. The lowest BCUT2D eigenvalue weighted by atomic mass is 9.87. The topological polar surface area (TPSA) is 182 Å². The van der Waals surface area contributed by atoms with Crippen molar-refractivity contribution in [1.29, 1.82) is 0 Å². The molecule has 2 aromatic carbocycles. The number of anilines is 3. The van der Waals surface area contributed by atoms with E-state index in [0.717, 1.165) is 34.9 Å². The van der Waals surface area contributed by atoms with Crippen LogP contribution in [-0.2, 0) is 44.3 Å². The second-order valence-electron chi connectivity index (χ2n) is 17.3. The second kappa shape index (κ2) is 17.9. The van der Waals surface area contributed by atoms with Crippen molar-refractivity contribution in [2.24, 2.45) is 7.05 Å². The number of nitrogens with one attached hydrogen (secondary N) is 2. The van der Waals surface area contributed by atoms with E-state index in [1.165, 1.54) is 29.4 Å². The van der Waals surface area contributed by atoms with Crippen LogP contribution in [-0.4, -0.2) is 59.0 Å². The van der Waals surface area contributed by atoms with E-state index < -0.39 is 26.0 Å². The first kappa shape index (κ1) is 46.1. The third kappa shape index (κ3) is 10.0. The van der Waals surface area contributed by atoms with Crippen LogP contribution in [0.4, 0.5) is 17.2 Å². The number of benzene rings is 2. The van der Waals surface area contributed by atoms with Crippen molar-refractivity contribution >= 4 is 77.4 Å². The summed E-state index contributed by atoms with van der Waals surface area (Å²) in [6.45, 7) is 12.8. The number of aromatic nitrogens is 6. The summed E-state index contributed by atoms with van der Waals surface area (Å²) in [7, 11) is -6.07. The van der Waals surface area contributed by atoms with Gasteiger partial charge in [0.05, 0.1) is 31.2 Å². The molecule has 5 aromatic heterocycles. The summed E-state index contributed by atoms with van der Waals surface area (Å²) in [6, 6.07) is 23.9. The minimum Gasteiger partial charge on any atom is -0.291 e. The minimum atomic E-state index is -3.97. The highest BCUT2D eigenvalue weighted by atomic mass is 35.5. The van der Waals surface area contributed by atoms with Crippen molar-refractivity contribution in [3.8, 4) is 11.4 Å². The van der Waals surface area contributed by atoms with Gasteiger partial charge in [-0.2, -0.15) is 5.10 Å². The number of hydrogen-bond acceptors (Lipinski definition) is 10. The van der Waals surface area contributed by atoms with Crippen LogP contribution in [0.1, 0.15) is 75.1 Å². The van der Waals surface area contributed by atoms with E-state index in [-0.39, 0.29) is 42.7 Å². The van der Waals surface area contributed by atoms with Crippen LogP contribution in [0.3, 0.4) is 0 Å². The zero-order valence-corrected chi connectivity index (χ0v) is 39.4. The van der Waals surface area contributed by atoms with Gasteiger partial charge >= 0.3 is 0 Å². The molecule has 1 aliphatic rings. The van der Waals surface area contributed by atoms with Gasteiger partial charge in [0, 0.05) is 43.8 Å². The predicted octanol–water partition coefficient (Wildman–Crippen LogP) is 9.60. The number of amides is 1. The molecule has 7 aromatic rings. The van der Waals surface area contributed by atoms with Crippen molar-refractivity contribution in [3.63, 3.8) is 0 Å². The maximum Gasteiger partial charge on any atom is 0.280 e. The molecule has 0 unspecified atom stereocenters. The van der Waals surface area contributed by atoms with Crippen LogP contribution in [0.5, 0.6) is 0 Å². The van der Waals surface area contributed by atoms with Gasteiger partial charge < -0.3 is 0 Å². The summed E-state index contributed by atoms with van der Waals surface area (Å²) < 4.78 is 59.2. The number of nitrogens with zero attached hydrogens (tertiary/aromatic N) is 7. The quantitative estimate of drug-likeness (QED) is 0.149. The van der Waals surface area contributed by atoms with Gasteiger partial charge in [0.1, 0.15) is 17.2 Å². The predicted molar refractivity (Wildman–Crippen MR) is 252 cm³/mol. The summed E-state index contributed by atoms with van der Waals surface area (Å²) >= 11 is 12.2. The Morgan fingerprint density at radius 1 is 0.672 bits per heavy atom. The van der Waals surface area contributed by atoms with Crippen molar-refractivity contribution < 1.29 is 21.6 Å². The highest BCUT2D eigenvalue weighted by Crippen LogP contribution is 2.34. The molecule has 0 radical (unpaired) electrons. The monoisotopic (exact) mass is 939 g/mol. The molecular weight excluding hydrogens is 894 g/mol. The van der Waals surface area contributed by atoms with Crippen molar-refractivity contribution in [1.82, 2.24) is 29.7 Å². The molecule has 0 atom stereocenters. The fraction of sp³-hybridized carbons (Fsp3) is 0.261. The molecule has 0 bridgehead atoms. The SMILES string of the molecule is CC(C)(C)c1ccc(S(=O)(=O)Nc2cc(Cl)cnc2C(=O)N2CCCc3cccnc32)cc1.Cn1nc(-c2ncc(Cl)cc2NS(=O)(=O)c2ccc(C(C)(C)C)cc2)c2cccnc21. The summed E-state index contributed by atoms with van der Waals surface area (Å²) in [5.74, 6) is 0.129. The lowest BCUT2D eigenvalue weighted by molar-refractivity contribution is 0.0980. The number of carbonyl (C=O) groups excluding carboxylic acids is 1. The molecule has 18 heteroatoms. The Morgan fingerprint density at radius 2 is 1.20 bits per heavy atom. The number of carbonyl (C=O) groups is 1. The van der Waals surface area contributed by atoms with E-state index in [9.17, 15) is 21.6 Å². The van der Waals surface area contributed by atoms with E-state index >= 15 is 0 Å². The number of pyridine rings is 4. The highest BCUT2D eigenvalue weighted by molar-refractivity contribution is 7.93. The zero-order chi connectivity index (χ0) is 46.2. The Labute approximate surface area is 383 Å². The molecule has 64 heavy (non-hydrogen) atoms. The van der Waals surface area contributed by atoms with Crippen LogP contribution in [0.15, 0.2) is 120 Å². The molecular formula is C46H47Cl2N9O5S2. The van der Waals surface area contributed by atoms with Gasteiger partial charge in [-0.25, -0.2) is 36.5 Å². The molecule has 0 saturated carbocycles. The number of hydrogen-bond donors (Lipinski definition) is 2. The zero-order valence-electron chi connectivity index (χ0n) is 36.3. The number of aryl methyl sites for hydroxylation is 2. The third-order valence-electron chi connectivity index (χ3n) is 10.5. The molecule has 14 nitrogen and oxygen atoms in total. The molecule has 0 spiro atoms. The largest absolute Gasteiger partial charge is 0.291 e. The van der Waals surface area contributed by atoms with Crippen molar-refractivity contribution in [2.45, 2.75) is 75.0 Å². The van der Waals surface area contributed by atoms with E-state index in [4.69, 9.17) is 23.2 Å². The van der Waals surface area contributed by atoms with Crippen LogP contribution in [0, 0.1) is 0 Å². The van der Waals surface area contributed by atoms with E-state index in [2.05, 4.69) is 76.0 Å². The van der Waals surface area contributed by atoms with Gasteiger partial charge in [0.15, 0.2) is 11.3 Å². The van der Waals surface area contributed by atoms with E-state index in [1.54, 1.807) is 66.6 Å². The Bertz CT molecular complexity index is 3100. The average Bonchev–Trinajstić information content (AvgIpc) is 3.58. The number of halogens is 2. The fourth-order valence-corrected chi connectivity index (χ4v) is 9.49. The third-order valence-corrected chi connectivity index (χ3v) is 13.7. The Kier molecular flexibility index (Phi) is 12.9. The Hall–Kier alpha value is -5.94. The number of rotatable bonds is 8. The highest BCUT2D eigenvalue weighted by Gasteiger charge is 2.29. The lowest BCUT2D eigenvalue weighted by Crippen LogP contribution is -2.37. The average molecular weight is 941 g/mol. The fourth-order valence-electron chi connectivity index (χ4n) is 7.06. The smallest absolute Gasteiger partial charge is 0.280 e. The maximum atomic E-state index is 13.4. The van der Waals surface area contributed by atoms with Crippen LogP contribution < -0.4 is 14.3 Å². The standard InChI is InChI=1S/C24H25ClN4O3S.C22H22ClN5O2S/c1-24(2,3)17-8-10-19(11-9-17)33(31,32)28-20-14-18(25)15-27-21(20)23(30)29-13-5-7-16-6-4-12-26-22(16)29;1-22(2,3)14-7-9-16(10-8-14)31(29,30)27-18-12-15(23)13-25-20(18)19-17-6-5-11-24-21(17)28(4)26-19/h4,6,8-12,14-15,28H,5,7,13H2,1-3H3;5-13,27H,1-4H3. The molecule has 8 rings (SSSR count). The minimum absolute atomic E-state index is 0.0236. The summed E-state index contributed by atoms with van der Waals surface area (Å²) in [5, 5.41) is 5.79. The molecule has 332 valence electrons. The van der Waals surface area contributed by atoms with Crippen molar-refractivity contribution in [3.05, 3.63) is 142 Å². The molecule has 6 heterocycles. The van der Waals surface area contributed by atoms with Gasteiger partial charge in [0.2, 0.25) is 0 Å². The summed E-state index contributed by atoms with van der Waals surface area (Å²) in [6.07, 6.45) is 7.69. The Balaban J connectivity index is 0.000000192. The first-order chi connectivity index (χ1) is 30.1. The maximum absolute atomic E-state index is 13.4. The molecule has 0 fully saturated rings. The molecule has 1 aliphatic heterocycles. The molecule has 0 saturated heterocycles. The Morgan fingerprint density at radius 3 is 1.80 bits per heavy atom. The van der Waals surface area contributed by atoms with Crippen LogP contribution in [0.2, 0.25) is 10.0 Å². The van der Waals surface area contributed by atoms with Crippen LogP contribution >= 0.6 is 23.2 Å².